The highest BCUT2D eigenvalue weighted by Gasteiger charge is 2.35. The number of amides is 1. The minimum Gasteiger partial charge on any atom is -0.391 e. The van der Waals surface area contributed by atoms with Gasteiger partial charge in [0.2, 0.25) is 5.91 Å². The molecule has 15 heavy (non-hydrogen) atoms. The summed E-state index contributed by atoms with van der Waals surface area (Å²) in [4.78, 5) is 13.7. The van der Waals surface area contributed by atoms with Crippen LogP contribution in [0.3, 0.4) is 0 Å². The maximum absolute atomic E-state index is 11.9. The first-order valence-corrected chi connectivity index (χ1v) is 5.93. The summed E-state index contributed by atoms with van der Waals surface area (Å²) in [7, 11) is 0. The Hall–Kier alpha value is -0.610. The number of aliphatic hydroxyl groups is 1. The van der Waals surface area contributed by atoms with Crippen molar-refractivity contribution in [3.63, 3.8) is 0 Å². The predicted octanol–water partition coefficient (Wildman–Crippen LogP) is 0.110. The Labute approximate surface area is 90.6 Å². The molecule has 1 saturated carbocycles. The second kappa shape index (κ2) is 4.49. The molecule has 1 aliphatic heterocycles. The first-order valence-electron chi connectivity index (χ1n) is 5.93. The minimum absolute atomic E-state index is 0.0153. The molecule has 4 nitrogen and oxygen atoms in total. The predicted molar refractivity (Wildman–Crippen MR) is 57.4 cm³/mol. The van der Waals surface area contributed by atoms with Gasteiger partial charge in [0, 0.05) is 19.1 Å². The lowest BCUT2D eigenvalue weighted by molar-refractivity contribution is -0.130. The second-order valence-corrected chi connectivity index (χ2v) is 4.63. The van der Waals surface area contributed by atoms with Gasteiger partial charge in [-0.15, -0.1) is 0 Å². The van der Waals surface area contributed by atoms with Gasteiger partial charge in [0.25, 0.3) is 0 Å². The largest absolute Gasteiger partial charge is 0.391 e. The molecular formula is C11H20N2O2. The number of carbonyl (C=O) groups excluding carboxylic acids is 1. The Balaban J connectivity index is 1.80. The van der Waals surface area contributed by atoms with Crippen molar-refractivity contribution >= 4 is 5.91 Å². The van der Waals surface area contributed by atoms with E-state index in [-0.39, 0.29) is 18.1 Å². The van der Waals surface area contributed by atoms with Crippen molar-refractivity contribution in [2.24, 2.45) is 0 Å². The number of nitrogens with one attached hydrogen (secondary N) is 1. The molecule has 0 aromatic carbocycles. The number of hydrogen-bond donors (Lipinski definition) is 2. The van der Waals surface area contributed by atoms with Crippen molar-refractivity contribution in [2.75, 3.05) is 13.1 Å². The van der Waals surface area contributed by atoms with E-state index in [1.807, 2.05) is 6.92 Å². The first kappa shape index (κ1) is 10.9. The SMILES string of the molecule is CCC(O)CN1CCC(NC2CC2)C1=O. The van der Waals surface area contributed by atoms with E-state index < -0.39 is 0 Å². The lowest BCUT2D eigenvalue weighted by Gasteiger charge is -2.19. The molecule has 0 spiro atoms. The van der Waals surface area contributed by atoms with Gasteiger partial charge in [-0.1, -0.05) is 6.92 Å². The fourth-order valence-electron chi connectivity index (χ4n) is 1.99. The summed E-state index contributed by atoms with van der Waals surface area (Å²) in [5.41, 5.74) is 0. The standard InChI is InChI=1S/C11H20N2O2/c1-2-9(14)7-13-6-5-10(11(13)15)12-8-3-4-8/h8-10,12,14H,2-7H2,1H3. The number of carbonyl (C=O) groups is 1. The number of rotatable bonds is 5. The molecule has 4 heteroatoms. The fraction of sp³-hybridized carbons (Fsp3) is 0.909. The van der Waals surface area contributed by atoms with Gasteiger partial charge in [0.15, 0.2) is 0 Å². The van der Waals surface area contributed by atoms with Crippen LogP contribution < -0.4 is 5.32 Å². The maximum Gasteiger partial charge on any atom is 0.239 e. The Morgan fingerprint density at radius 3 is 2.87 bits per heavy atom. The molecule has 1 amide bonds. The summed E-state index contributed by atoms with van der Waals surface area (Å²) < 4.78 is 0. The van der Waals surface area contributed by atoms with Crippen LogP contribution in [-0.2, 0) is 4.79 Å². The van der Waals surface area contributed by atoms with Gasteiger partial charge >= 0.3 is 0 Å². The fourth-order valence-corrected chi connectivity index (χ4v) is 1.99. The maximum atomic E-state index is 11.9. The molecule has 2 atom stereocenters. The average Bonchev–Trinajstić information content (AvgIpc) is 2.98. The van der Waals surface area contributed by atoms with Gasteiger partial charge in [-0.05, 0) is 25.7 Å². The zero-order valence-electron chi connectivity index (χ0n) is 9.28. The van der Waals surface area contributed by atoms with Crippen LogP contribution in [0.2, 0.25) is 0 Å². The molecule has 2 unspecified atom stereocenters. The Morgan fingerprint density at radius 1 is 1.53 bits per heavy atom. The molecule has 0 aromatic rings. The number of aliphatic hydroxyl groups excluding tert-OH is 1. The van der Waals surface area contributed by atoms with E-state index in [0.717, 1.165) is 13.0 Å². The highest BCUT2D eigenvalue weighted by molar-refractivity contribution is 5.84. The molecule has 86 valence electrons. The van der Waals surface area contributed by atoms with Gasteiger partial charge in [0.05, 0.1) is 12.1 Å². The molecule has 0 radical (unpaired) electrons. The molecule has 0 bridgehead atoms. The average molecular weight is 212 g/mol. The molecule has 2 fully saturated rings. The molecular weight excluding hydrogens is 192 g/mol. The number of β-amino-alcohol motifs (C(OH)–C–C–N with tert-alkyl or cyclic N) is 1. The van der Waals surface area contributed by atoms with E-state index in [1.54, 1.807) is 4.90 Å². The molecule has 0 aromatic heterocycles. The van der Waals surface area contributed by atoms with Gasteiger partial charge in [-0.3, -0.25) is 4.79 Å². The van der Waals surface area contributed by atoms with Crippen molar-refractivity contribution < 1.29 is 9.90 Å². The Bertz CT molecular complexity index is 241. The Morgan fingerprint density at radius 2 is 2.27 bits per heavy atom. The van der Waals surface area contributed by atoms with E-state index in [2.05, 4.69) is 5.32 Å². The van der Waals surface area contributed by atoms with Crippen LogP contribution in [0.15, 0.2) is 0 Å². The number of nitrogens with zero attached hydrogens (tertiary/aromatic N) is 1. The summed E-state index contributed by atoms with van der Waals surface area (Å²) in [6.45, 7) is 3.23. The third-order valence-corrected chi connectivity index (χ3v) is 3.21. The smallest absolute Gasteiger partial charge is 0.239 e. The lowest BCUT2D eigenvalue weighted by atomic mass is 10.2. The van der Waals surface area contributed by atoms with Crippen molar-refractivity contribution in [2.45, 2.75) is 50.8 Å². The van der Waals surface area contributed by atoms with Crippen LogP contribution in [0.25, 0.3) is 0 Å². The van der Waals surface area contributed by atoms with Crippen molar-refractivity contribution in [1.82, 2.24) is 10.2 Å². The normalized spacial score (nSPS) is 28.5. The van der Waals surface area contributed by atoms with Crippen molar-refractivity contribution in [3.8, 4) is 0 Å². The zero-order chi connectivity index (χ0) is 10.8. The van der Waals surface area contributed by atoms with Gasteiger partial charge in [-0.2, -0.15) is 0 Å². The van der Waals surface area contributed by atoms with E-state index in [9.17, 15) is 9.90 Å². The summed E-state index contributed by atoms with van der Waals surface area (Å²) in [5.74, 6) is 0.175. The van der Waals surface area contributed by atoms with Crippen LogP contribution in [0, 0.1) is 0 Å². The van der Waals surface area contributed by atoms with Gasteiger partial charge in [-0.25, -0.2) is 0 Å². The van der Waals surface area contributed by atoms with Crippen LogP contribution in [0.4, 0.5) is 0 Å². The monoisotopic (exact) mass is 212 g/mol. The molecule has 1 aliphatic carbocycles. The van der Waals surface area contributed by atoms with E-state index in [0.29, 0.717) is 19.0 Å². The summed E-state index contributed by atoms with van der Waals surface area (Å²) >= 11 is 0. The highest BCUT2D eigenvalue weighted by atomic mass is 16.3. The molecule has 1 saturated heterocycles. The summed E-state index contributed by atoms with van der Waals surface area (Å²) in [6.07, 6.45) is 3.66. The van der Waals surface area contributed by atoms with Crippen molar-refractivity contribution in [1.29, 1.82) is 0 Å². The second-order valence-electron chi connectivity index (χ2n) is 4.63. The van der Waals surface area contributed by atoms with Crippen LogP contribution in [0.1, 0.15) is 32.6 Å². The lowest BCUT2D eigenvalue weighted by Crippen LogP contribution is -2.41. The molecule has 2 rings (SSSR count). The Kier molecular flexibility index (Phi) is 3.26. The van der Waals surface area contributed by atoms with Crippen LogP contribution in [0.5, 0.6) is 0 Å². The summed E-state index contributed by atoms with van der Waals surface area (Å²) in [5, 5.41) is 12.9. The minimum atomic E-state index is -0.367. The van der Waals surface area contributed by atoms with Crippen molar-refractivity contribution in [3.05, 3.63) is 0 Å². The number of hydrogen-bond acceptors (Lipinski definition) is 3. The third kappa shape index (κ3) is 2.69. The van der Waals surface area contributed by atoms with E-state index in [4.69, 9.17) is 0 Å². The molecule has 1 heterocycles. The van der Waals surface area contributed by atoms with Crippen LogP contribution in [-0.4, -0.2) is 47.2 Å². The zero-order valence-corrected chi connectivity index (χ0v) is 9.28. The summed E-state index contributed by atoms with van der Waals surface area (Å²) in [6, 6.07) is 0.594. The highest BCUT2D eigenvalue weighted by Crippen LogP contribution is 2.22. The quantitative estimate of drug-likeness (QED) is 0.680. The van der Waals surface area contributed by atoms with Crippen LogP contribution >= 0.6 is 0 Å². The number of likely N-dealkylation sites (tertiary alicyclic amines) is 1. The molecule has 2 aliphatic rings. The third-order valence-electron chi connectivity index (χ3n) is 3.21. The van der Waals surface area contributed by atoms with Gasteiger partial charge in [0.1, 0.15) is 0 Å². The van der Waals surface area contributed by atoms with Gasteiger partial charge < -0.3 is 15.3 Å². The topological polar surface area (TPSA) is 52.6 Å². The first-order chi connectivity index (χ1) is 7.20. The van der Waals surface area contributed by atoms with E-state index >= 15 is 0 Å². The van der Waals surface area contributed by atoms with E-state index in [1.165, 1.54) is 12.8 Å². The molecule has 2 N–H and O–H groups in total.